The number of hydrazone groups is 1. The monoisotopic (exact) mass is 273 g/mol. The van der Waals surface area contributed by atoms with Gasteiger partial charge in [0.25, 0.3) is 0 Å². The largest absolute Gasteiger partial charge is 0.493 e. The van der Waals surface area contributed by atoms with Gasteiger partial charge in [0, 0.05) is 5.56 Å². The van der Waals surface area contributed by atoms with E-state index in [0.29, 0.717) is 6.61 Å². The SMILES string of the molecule is CCOc1ccc2ccccc2c1C=NNC(N)=S. The third kappa shape index (κ3) is 3.20. The molecule has 0 saturated heterocycles. The highest BCUT2D eigenvalue weighted by Crippen LogP contribution is 2.26. The molecule has 0 radical (unpaired) electrons. The van der Waals surface area contributed by atoms with E-state index in [1.807, 2.05) is 43.3 Å². The number of hydrogen-bond donors (Lipinski definition) is 2. The summed E-state index contributed by atoms with van der Waals surface area (Å²) in [5, 5.41) is 6.35. The Kier molecular flexibility index (Phi) is 4.30. The zero-order chi connectivity index (χ0) is 13.7. The van der Waals surface area contributed by atoms with Crippen LogP contribution in [0.2, 0.25) is 0 Å². The molecule has 0 amide bonds. The highest BCUT2D eigenvalue weighted by atomic mass is 32.1. The van der Waals surface area contributed by atoms with E-state index in [1.54, 1.807) is 6.21 Å². The summed E-state index contributed by atoms with van der Waals surface area (Å²) in [7, 11) is 0. The lowest BCUT2D eigenvalue weighted by Gasteiger charge is -2.10. The van der Waals surface area contributed by atoms with E-state index in [9.17, 15) is 0 Å². The van der Waals surface area contributed by atoms with E-state index in [1.165, 1.54) is 0 Å². The van der Waals surface area contributed by atoms with Crippen LogP contribution >= 0.6 is 12.2 Å². The summed E-state index contributed by atoms with van der Waals surface area (Å²) in [6.45, 7) is 2.55. The van der Waals surface area contributed by atoms with Crippen LogP contribution in [0.4, 0.5) is 0 Å². The molecule has 0 aliphatic rings. The molecule has 0 saturated carbocycles. The summed E-state index contributed by atoms with van der Waals surface area (Å²) in [6.07, 6.45) is 1.67. The first-order valence-corrected chi connectivity index (χ1v) is 6.36. The van der Waals surface area contributed by atoms with E-state index < -0.39 is 0 Å². The zero-order valence-electron chi connectivity index (χ0n) is 10.6. The van der Waals surface area contributed by atoms with Crippen molar-refractivity contribution in [2.75, 3.05) is 6.61 Å². The number of benzene rings is 2. The van der Waals surface area contributed by atoms with Crippen LogP contribution in [0, 0.1) is 0 Å². The number of nitrogens with zero attached hydrogens (tertiary/aromatic N) is 1. The van der Waals surface area contributed by atoms with Crippen molar-refractivity contribution in [2.45, 2.75) is 6.92 Å². The molecule has 0 atom stereocenters. The molecule has 0 spiro atoms. The third-order valence-corrected chi connectivity index (χ3v) is 2.69. The molecular weight excluding hydrogens is 258 g/mol. The van der Waals surface area contributed by atoms with Crippen molar-refractivity contribution in [1.29, 1.82) is 0 Å². The molecule has 3 N–H and O–H groups in total. The molecule has 98 valence electrons. The van der Waals surface area contributed by atoms with E-state index in [4.69, 9.17) is 22.7 Å². The van der Waals surface area contributed by atoms with Gasteiger partial charge in [-0.1, -0.05) is 30.3 Å². The van der Waals surface area contributed by atoms with Crippen molar-refractivity contribution in [3.63, 3.8) is 0 Å². The Hall–Kier alpha value is -2.14. The molecule has 0 aliphatic heterocycles. The number of rotatable bonds is 4. The molecule has 19 heavy (non-hydrogen) atoms. The van der Waals surface area contributed by atoms with Gasteiger partial charge in [-0.3, -0.25) is 5.43 Å². The summed E-state index contributed by atoms with van der Waals surface area (Å²) in [5.74, 6) is 0.787. The Morgan fingerprint density at radius 3 is 2.89 bits per heavy atom. The molecule has 5 heteroatoms. The minimum atomic E-state index is 0.134. The van der Waals surface area contributed by atoms with Gasteiger partial charge >= 0.3 is 0 Å². The molecule has 0 fully saturated rings. The average molecular weight is 273 g/mol. The van der Waals surface area contributed by atoms with Gasteiger partial charge in [0.15, 0.2) is 5.11 Å². The van der Waals surface area contributed by atoms with Crippen LogP contribution in [0.3, 0.4) is 0 Å². The Balaban J connectivity index is 2.49. The fourth-order valence-electron chi connectivity index (χ4n) is 1.85. The van der Waals surface area contributed by atoms with E-state index in [0.717, 1.165) is 22.1 Å². The second kappa shape index (κ2) is 6.15. The Labute approximate surface area is 117 Å². The lowest BCUT2D eigenvalue weighted by molar-refractivity contribution is 0.340. The first kappa shape index (κ1) is 13.3. The van der Waals surface area contributed by atoms with Crippen LogP contribution in [0.15, 0.2) is 41.5 Å². The van der Waals surface area contributed by atoms with Crippen molar-refractivity contribution in [2.24, 2.45) is 10.8 Å². The molecular formula is C14H15N3OS. The second-order valence-corrected chi connectivity index (χ2v) is 4.31. The molecule has 2 aromatic carbocycles. The molecule has 0 bridgehead atoms. The Morgan fingerprint density at radius 1 is 1.37 bits per heavy atom. The van der Waals surface area contributed by atoms with E-state index >= 15 is 0 Å². The molecule has 0 heterocycles. The number of fused-ring (bicyclic) bond motifs is 1. The smallest absolute Gasteiger partial charge is 0.184 e. The van der Waals surface area contributed by atoms with Crippen molar-refractivity contribution in [3.05, 3.63) is 42.0 Å². The van der Waals surface area contributed by atoms with Gasteiger partial charge < -0.3 is 10.5 Å². The maximum Gasteiger partial charge on any atom is 0.184 e. The zero-order valence-corrected chi connectivity index (χ0v) is 11.4. The van der Waals surface area contributed by atoms with Crippen LogP contribution in [0.25, 0.3) is 10.8 Å². The van der Waals surface area contributed by atoms with Crippen LogP contribution < -0.4 is 15.9 Å². The quantitative estimate of drug-likeness (QED) is 0.510. The summed E-state index contributed by atoms with van der Waals surface area (Å²) in [4.78, 5) is 0. The van der Waals surface area contributed by atoms with E-state index in [-0.39, 0.29) is 5.11 Å². The summed E-state index contributed by atoms with van der Waals surface area (Å²) < 4.78 is 5.62. The first-order valence-electron chi connectivity index (χ1n) is 5.95. The summed E-state index contributed by atoms with van der Waals surface area (Å²) >= 11 is 4.71. The number of thiocarbonyl (C=S) groups is 1. The lowest BCUT2D eigenvalue weighted by Crippen LogP contribution is -2.24. The van der Waals surface area contributed by atoms with Gasteiger partial charge in [-0.05, 0) is 36.0 Å². The summed E-state index contributed by atoms with van der Waals surface area (Å²) in [6, 6.07) is 12.0. The van der Waals surface area contributed by atoms with Crippen molar-refractivity contribution < 1.29 is 4.74 Å². The molecule has 4 nitrogen and oxygen atoms in total. The van der Waals surface area contributed by atoms with Gasteiger partial charge in [-0.2, -0.15) is 5.10 Å². The van der Waals surface area contributed by atoms with Crippen molar-refractivity contribution in [3.8, 4) is 5.75 Å². The number of nitrogens with two attached hydrogens (primary N) is 1. The van der Waals surface area contributed by atoms with Crippen molar-refractivity contribution in [1.82, 2.24) is 5.43 Å². The standard InChI is InChI=1S/C14H15N3OS/c1-2-18-13-8-7-10-5-3-4-6-11(10)12(13)9-16-17-14(15)19/h3-9H,2H2,1H3,(H3,15,17,19). The normalized spacial score (nSPS) is 10.8. The summed E-state index contributed by atoms with van der Waals surface area (Å²) in [5.41, 5.74) is 8.80. The van der Waals surface area contributed by atoms with Crippen molar-refractivity contribution >= 4 is 34.3 Å². The highest BCUT2D eigenvalue weighted by molar-refractivity contribution is 7.80. The first-order chi connectivity index (χ1) is 9.22. The van der Waals surface area contributed by atoms with Gasteiger partial charge in [-0.15, -0.1) is 0 Å². The van der Waals surface area contributed by atoms with Gasteiger partial charge in [0.2, 0.25) is 0 Å². The predicted octanol–water partition coefficient (Wildman–Crippen LogP) is 2.41. The highest BCUT2D eigenvalue weighted by Gasteiger charge is 2.06. The van der Waals surface area contributed by atoms with Crippen LogP contribution in [0.5, 0.6) is 5.75 Å². The number of hydrogen-bond acceptors (Lipinski definition) is 3. The fraction of sp³-hybridized carbons (Fsp3) is 0.143. The molecule has 0 unspecified atom stereocenters. The maximum absolute atomic E-state index is 5.62. The van der Waals surface area contributed by atoms with Gasteiger partial charge in [0.05, 0.1) is 12.8 Å². The predicted molar refractivity (Wildman–Crippen MR) is 82.6 cm³/mol. The third-order valence-electron chi connectivity index (χ3n) is 2.60. The second-order valence-electron chi connectivity index (χ2n) is 3.87. The average Bonchev–Trinajstić information content (AvgIpc) is 2.40. The maximum atomic E-state index is 5.62. The Morgan fingerprint density at radius 2 is 2.16 bits per heavy atom. The van der Waals surface area contributed by atoms with Crippen LogP contribution in [-0.2, 0) is 0 Å². The van der Waals surface area contributed by atoms with E-state index in [2.05, 4.69) is 10.5 Å². The number of ether oxygens (including phenoxy) is 1. The lowest BCUT2D eigenvalue weighted by atomic mass is 10.0. The number of nitrogens with one attached hydrogen (secondary N) is 1. The Bertz CT molecular complexity index is 625. The van der Waals surface area contributed by atoms with Crippen LogP contribution in [-0.4, -0.2) is 17.9 Å². The van der Waals surface area contributed by atoms with Crippen LogP contribution in [0.1, 0.15) is 12.5 Å². The van der Waals surface area contributed by atoms with Gasteiger partial charge in [0.1, 0.15) is 5.75 Å². The topological polar surface area (TPSA) is 59.6 Å². The van der Waals surface area contributed by atoms with Gasteiger partial charge in [-0.25, -0.2) is 0 Å². The molecule has 2 aromatic rings. The fourth-order valence-corrected chi connectivity index (χ4v) is 1.90. The molecule has 0 aromatic heterocycles. The molecule has 0 aliphatic carbocycles. The minimum Gasteiger partial charge on any atom is -0.493 e. The minimum absolute atomic E-state index is 0.134. The molecule has 2 rings (SSSR count).